The van der Waals surface area contributed by atoms with Gasteiger partial charge in [0.1, 0.15) is 11.4 Å². The molecule has 120 valence electrons. The highest BCUT2D eigenvalue weighted by molar-refractivity contribution is 7.08. The van der Waals surface area contributed by atoms with Crippen molar-refractivity contribution in [3.63, 3.8) is 0 Å². The second-order valence-electron chi connectivity index (χ2n) is 5.37. The van der Waals surface area contributed by atoms with Crippen molar-refractivity contribution < 1.29 is 9.63 Å². The van der Waals surface area contributed by atoms with Crippen LogP contribution in [-0.4, -0.2) is 29.8 Å². The van der Waals surface area contributed by atoms with Crippen molar-refractivity contribution in [3.05, 3.63) is 39.4 Å². The smallest absolute Gasteiger partial charge is 0.191 e. The van der Waals surface area contributed by atoms with Gasteiger partial charge in [-0.05, 0) is 43.2 Å². The van der Waals surface area contributed by atoms with E-state index in [0.29, 0.717) is 19.0 Å². The molecule has 0 aliphatic rings. The maximum absolute atomic E-state index is 10.5. The van der Waals surface area contributed by atoms with Crippen molar-refractivity contribution in [2.24, 2.45) is 4.99 Å². The number of nitrogens with zero attached hydrogens (tertiary/aromatic N) is 2. The summed E-state index contributed by atoms with van der Waals surface area (Å²) in [7, 11) is 1.70. The molecular weight excluding hydrogens is 300 g/mol. The average molecular weight is 322 g/mol. The van der Waals surface area contributed by atoms with E-state index in [1.807, 2.05) is 30.7 Å². The summed E-state index contributed by atoms with van der Waals surface area (Å²) in [5.41, 5.74) is 1.84. The minimum absolute atomic E-state index is 0.366. The lowest BCUT2D eigenvalue weighted by Crippen LogP contribution is -2.44. The van der Waals surface area contributed by atoms with Gasteiger partial charge in [0.2, 0.25) is 0 Å². The van der Waals surface area contributed by atoms with Crippen molar-refractivity contribution >= 4 is 17.3 Å². The summed E-state index contributed by atoms with van der Waals surface area (Å²) in [6.07, 6.45) is 0. The van der Waals surface area contributed by atoms with Crippen LogP contribution in [0.25, 0.3) is 0 Å². The van der Waals surface area contributed by atoms with Gasteiger partial charge in [-0.15, -0.1) is 0 Å². The molecule has 0 aromatic carbocycles. The van der Waals surface area contributed by atoms with E-state index in [0.717, 1.165) is 22.6 Å². The van der Waals surface area contributed by atoms with Crippen LogP contribution in [0.1, 0.15) is 29.5 Å². The standard InChI is InChI=1S/C15H22N4O2S/c1-10-13(11(2)21-19-10)7-17-14(16-4)18-9-15(3,20)12-5-6-22-8-12/h5-6,8,20H,7,9H2,1-4H3,(H2,16,17,18). The van der Waals surface area contributed by atoms with Crippen LogP contribution < -0.4 is 10.6 Å². The van der Waals surface area contributed by atoms with Gasteiger partial charge in [0, 0.05) is 19.2 Å². The fourth-order valence-corrected chi connectivity index (χ4v) is 2.86. The molecule has 7 heteroatoms. The number of thiophene rings is 1. The number of hydrogen-bond donors (Lipinski definition) is 3. The Morgan fingerprint density at radius 1 is 1.45 bits per heavy atom. The third kappa shape index (κ3) is 3.86. The molecule has 2 aromatic heterocycles. The Kier molecular flexibility index (Phi) is 5.20. The van der Waals surface area contributed by atoms with Crippen LogP contribution in [0.2, 0.25) is 0 Å². The highest BCUT2D eigenvalue weighted by Gasteiger charge is 2.23. The number of nitrogens with one attached hydrogen (secondary N) is 2. The molecule has 0 amide bonds. The first kappa shape index (κ1) is 16.5. The normalized spacial score (nSPS) is 14.7. The third-order valence-electron chi connectivity index (χ3n) is 3.58. The van der Waals surface area contributed by atoms with E-state index >= 15 is 0 Å². The first-order chi connectivity index (χ1) is 10.4. The van der Waals surface area contributed by atoms with Crippen LogP contribution in [0.5, 0.6) is 0 Å². The minimum atomic E-state index is -0.944. The summed E-state index contributed by atoms with van der Waals surface area (Å²) >= 11 is 1.57. The van der Waals surface area contributed by atoms with Crippen molar-refractivity contribution in [2.45, 2.75) is 32.9 Å². The van der Waals surface area contributed by atoms with Crippen LogP contribution in [0.15, 0.2) is 26.3 Å². The quantitative estimate of drug-likeness (QED) is 0.579. The van der Waals surface area contributed by atoms with E-state index in [-0.39, 0.29) is 0 Å². The number of aryl methyl sites for hydroxylation is 2. The van der Waals surface area contributed by atoms with Crippen molar-refractivity contribution in [1.29, 1.82) is 0 Å². The largest absolute Gasteiger partial charge is 0.384 e. The van der Waals surface area contributed by atoms with Gasteiger partial charge in [-0.3, -0.25) is 4.99 Å². The molecule has 3 N–H and O–H groups in total. The number of aliphatic hydroxyl groups is 1. The Morgan fingerprint density at radius 3 is 2.77 bits per heavy atom. The highest BCUT2D eigenvalue weighted by Crippen LogP contribution is 2.21. The van der Waals surface area contributed by atoms with E-state index < -0.39 is 5.60 Å². The molecule has 0 saturated heterocycles. The van der Waals surface area contributed by atoms with E-state index in [2.05, 4.69) is 20.8 Å². The monoisotopic (exact) mass is 322 g/mol. The second kappa shape index (κ2) is 6.93. The van der Waals surface area contributed by atoms with Crippen LogP contribution in [0.3, 0.4) is 0 Å². The number of aliphatic imine (C=N–C) groups is 1. The fraction of sp³-hybridized carbons (Fsp3) is 0.467. The maximum atomic E-state index is 10.5. The number of aromatic nitrogens is 1. The number of rotatable bonds is 5. The Bertz CT molecular complexity index is 613. The topological polar surface area (TPSA) is 82.7 Å². The van der Waals surface area contributed by atoms with Gasteiger partial charge >= 0.3 is 0 Å². The molecule has 0 saturated carbocycles. The van der Waals surface area contributed by atoms with Gasteiger partial charge in [-0.2, -0.15) is 11.3 Å². The molecule has 0 aliphatic heterocycles. The molecule has 2 heterocycles. The predicted molar refractivity (Wildman–Crippen MR) is 88.1 cm³/mol. The lowest BCUT2D eigenvalue weighted by molar-refractivity contribution is 0.0621. The second-order valence-corrected chi connectivity index (χ2v) is 6.15. The SMILES string of the molecule is CN=C(NCc1c(C)noc1C)NCC(C)(O)c1ccsc1. The van der Waals surface area contributed by atoms with Crippen LogP contribution in [-0.2, 0) is 12.1 Å². The van der Waals surface area contributed by atoms with Gasteiger partial charge in [0.15, 0.2) is 5.96 Å². The van der Waals surface area contributed by atoms with Gasteiger partial charge < -0.3 is 20.3 Å². The van der Waals surface area contributed by atoms with Gasteiger partial charge in [0.25, 0.3) is 0 Å². The zero-order chi connectivity index (χ0) is 16.2. The van der Waals surface area contributed by atoms with Gasteiger partial charge in [-0.25, -0.2) is 0 Å². The van der Waals surface area contributed by atoms with Gasteiger partial charge in [-0.1, -0.05) is 5.16 Å². The van der Waals surface area contributed by atoms with E-state index in [1.54, 1.807) is 25.3 Å². The zero-order valence-corrected chi connectivity index (χ0v) is 14.1. The zero-order valence-electron chi connectivity index (χ0n) is 13.3. The summed E-state index contributed by atoms with van der Waals surface area (Å²) in [5, 5.41) is 24.7. The molecule has 2 rings (SSSR count). The molecule has 1 atom stereocenters. The molecule has 6 nitrogen and oxygen atoms in total. The molecule has 2 aromatic rings. The summed E-state index contributed by atoms with van der Waals surface area (Å²) in [5.74, 6) is 1.42. The molecule has 0 fully saturated rings. The fourth-order valence-electron chi connectivity index (χ4n) is 2.08. The van der Waals surface area contributed by atoms with Crippen LogP contribution >= 0.6 is 11.3 Å². The Labute approximate surface area is 134 Å². The van der Waals surface area contributed by atoms with Crippen LogP contribution in [0.4, 0.5) is 0 Å². The summed E-state index contributed by atoms with van der Waals surface area (Å²) in [6, 6.07) is 1.92. The summed E-state index contributed by atoms with van der Waals surface area (Å²) in [4.78, 5) is 4.17. The molecule has 0 spiro atoms. The average Bonchev–Trinajstić information content (AvgIpc) is 3.12. The van der Waals surface area contributed by atoms with Gasteiger partial charge in [0.05, 0.1) is 12.2 Å². The van der Waals surface area contributed by atoms with E-state index in [4.69, 9.17) is 4.52 Å². The lowest BCUT2D eigenvalue weighted by Gasteiger charge is -2.24. The minimum Gasteiger partial charge on any atom is -0.384 e. The number of guanidine groups is 1. The molecule has 22 heavy (non-hydrogen) atoms. The third-order valence-corrected chi connectivity index (χ3v) is 4.26. The Hall–Kier alpha value is -1.86. The maximum Gasteiger partial charge on any atom is 0.191 e. The molecule has 1 unspecified atom stereocenters. The van der Waals surface area contributed by atoms with E-state index in [9.17, 15) is 5.11 Å². The predicted octanol–water partition coefficient (Wildman–Crippen LogP) is 1.93. The van der Waals surface area contributed by atoms with Crippen molar-refractivity contribution in [1.82, 2.24) is 15.8 Å². The van der Waals surface area contributed by atoms with E-state index in [1.165, 1.54) is 0 Å². The first-order valence-corrected chi connectivity index (χ1v) is 7.99. The van der Waals surface area contributed by atoms with Crippen LogP contribution in [0, 0.1) is 13.8 Å². The Balaban J connectivity index is 1.91. The molecular formula is C15H22N4O2S. The summed E-state index contributed by atoms with van der Waals surface area (Å²) < 4.78 is 5.14. The van der Waals surface area contributed by atoms with Crippen molar-refractivity contribution in [2.75, 3.05) is 13.6 Å². The highest BCUT2D eigenvalue weighted by atomic mass is 32.1. The molecule has 0 bridgehead atoms. The first-order valence-electron chi connectivity index (χ1n) is 7.05. The Morgan fingerprint density at radius 2 is 2.23 bits per heavy atom. The number of hydrogen-bond acceptors (Lipinski definition) is 5. The lowest BCUT2D eigenvalue weighted by atomic mass is 9.99. The van der Waals surface area contributed by atoms with Crippen molar-refractivity contribution in [3.8, 4) is 0 Å². The molecule has 0 aliphatic carbocycles. The molecule has 0 radical (unpaired) electrons. The summed E-state index contributed by atoms with van der Waals surface area (Å²) in [6.45, 7) is 6.51.